The fraction of sp³-hybridized carbons (Fsp3) is 0.318. The van der Waals surface area contributed by atoms with Crippen molar-refractivity contribution in [1.29, 1.82) is 0 Å². The molecule has 0 aliphatic carbocycles. The van der Waals surface area contributed by atoms with Crippen LogP contribution in [0.25, 0.3) is 6.08 Å². The standard InChI is InChI=1S/C22H23NO6/c1-12-20(14(3)24)13(2)23-21(12)22(26)15(4)29-19(25)8-6-16-5-7-17-18(11-16)28-10-9-27-17/h5-8,11,15,23H,9-10H2,1-4H3/b8-6+/t15-/m1/s1. The van der Waals surface area contributed by atoms with Gasteiger partial charge in [0, 0.05) is 17.3 Å². The second-order valence-electron chi connectivity index (χ2n) is 6.86. The second kappa shape index (κ2) is 8.34. The summed E-state index contributed by atoms with van der Waals surface area (Å²) >= 11 is 0. The molecule has 1 atom stereocenters. The summed E-state index contributed by atoms with van der Waals surface area (Å²) in [5.74, 6) is 0.126. The first kappa shape index (κ1) is 20.4. The van der Waals surface area contributed by atoms with Crippen LogP contribution in [-0.2, 0) is 9.53 Å². The highest BCUT2D eigenvalue weighted by Gasteiger charge is 2.25. The molecular formula is C22H23NO6. The van der Waals surface area contributed by atoms with E-state index in [2.05, 4.69) is 4.98 Å². The molecule has 0 saturated heterocycles. The average molecular weight is 397 g/mol. The number of nitrogens with one attached hydrogen (secondary N) is 1. The van der Waals surface area contributed by atoms with Crippen LogP contribution < -0.4 is 9.47 Å². The Balaban J connectivity index is 1.66. The largest absolute Gasteiger partial charge is 0.486 e. The van der Waals surface area contributed by atoms with Gasteiger partial charge < -0.3 is 19.2 Å². The van der Waals surface area contributed by atoms with Crippen molar-refractivity contribution in [1.82, 2.24) is 4.98 Å². The summed E-state index contributed by atoms with van der Waals surface area (Å²) in [6.45, 7) is 7.36. The Labute approximate surface area is 168 Å². The van der Waals surface area contributed by atoms with Gasteiger partial charge in [0.1, 0.15) is 13.2 Å². The lowest BCUT2D eigenvalue weighted by Crippen LogP contribution is -2.24. The summed E-state index contributed by atoms with van der Waals surface area (Å²) in [6, 6.07) is 5.33. The molecule has 1 aliphatic heterocycles. The molecule has 7 heteroatoms. The van der Waals surface area contributed by atoms with Gasteiger partial charge in [0.2, 0.25) is 5.78 Å². The molecule has 1 aromatic carbocycles. The maximum absolute atomic E-state index is 12.6. The summed E-state index contributed by atoms with van der Waals surface area (Å²) in [5.41, 5.74) is 2.70. The molecule has 0 fully saturated rings. The minimum Gasteiger partial charge on any atom is -0.486 e. The van der Waals surface area contributed by atoms with Crippen LogP contribution in [0.3, 0.4) is 0 Å². The van der Waals surface area contributed by atoms with Crippen molar-refractivity contribution in [3.63, 3.8) is 0 Å². The molecule has 0 spiro atoms. The highest BCUT2D eigenvalue weighted by molar-refractivity contribution is 6.05. The Morgan fingerprint density at radius 1 is 1.14 bits per heavy atom. The lowest BCUT2D eigenvalue weighted by atomic mass is 10.0. The third-order valence-electron chi connectivity index (χ3n) is 4.68. The second-order valence-corrected chi connectivity index (χ2v) is 6.86. The van der Waals surface area contributed by atoms with E-state index in [0.717, 1.165) is 5.56 Å². The van der Waals surface area contributed by atoms with Crippen LogP contribution in [0.5, 0.6) is 11.5 Å². The third kappa shape index (κ3) is 4.39. The normalized spacial score (nSPS) is 13.9. The van der Waals surface area contributed by atoms with E-state index < -0.39 is 12.1 Å². The molecule has 2 heterocycles. The molecule has 0 saturated carbocycles. The first-order valence-corrected chi connectivity index (χ1v) is 9.30. The van der Waals surface area contributed by atoms with Crippen LogP contribution in [0.2, 0.25) is 0 Å². The molecule has 1 aromatic heterocycles. The van der Waals surface area contributed by atoms with Gasteiger partial charge >= 0.3 is 5.97 Å². The first-order chi connectivity index (χ1) is 13.8. The number of rotatable bonds is 6. The summed E-state index contributed by atoms with van der Waals surface area (Å²) in [4.78, 5) is 39.5. The van der Waals surface area contributed by atoms with Gasteiger partial charge in [-0.2, -0.15) is 0 Å². The molecule has 0 bridgehead atoms. The zero-order chi connectivity index (χ0) is 21.1. The van der Waals surface area contributed by atoms with Crippen molar-refractivity contribution in [3.8, 4) is 11.5 Å². The molecule has 7 nitrogen and oxygen atoms in total. The SMILES string of the molecule is CC(=O)c1c(C)[nH]c(C(=O)[C@@H](C)OC(=O)/C=C/c2ccc3c(c2)OCCO3)c1C. The highest BCUT2D eigenvalue weighted by atomic mass is 16.6. The number of Topliss-reactive ketones (excluding diaryl/α,β-unsaturated/α-hetero) is 2. The van der Waals surface area contributed by atoms with Gasteiger partial charge in [0.05, 0.1) is 5.69 Å². The molecule has 29 heavy (non-hydrogen) atoms. The summed E-state index contributed by atoms with van der Waals surface area (Å²) in [5, 5.41) is 0. The number of carbonyl (C=O) groups is 3. The molecule has 2 aromatic rings. The smallest absolute Gasteiger partial charge is 0.331 e. The van der Waals surface area contributed by atoms with Gasteiger partial charge in [0.15, 0.2) is 23.4 Å². The van der Waals surface area contributed by atoms with E-state index in [1.807, 2.05) is 0 Å². The van der Waals surface area contributed by atoms with Crippen molar-refractivity contribution in [3.05, 3.63) is 52.4 Å². The summed E-state index contributed by atoms with van der Waals surface area (Å²) in [7, 11) is 0. The lowest BCUT2D eigenvalue weighted by molar-refractivity contribution is -0.140. The molecule has 3 rings (SSSR count). The Morgan fingerprint density at radius 2 is 1.83 bits per heavy atom. The maximum atomic E-state index is 12.6. The molecule has 1 N–H and O–H groups in total. The number of aromatic nitrogens is 1. The minimum absolute atomic E-state index is 0.123. The summed E-state index contributed by atoms with van der Waals surface area (Å²) in [6.07, 6.45) is 1.84. The lowest BCUT2D eigenvalue weighted by Gasteiger charge is -2.18. The van der Waals surface area contributed by atoms with E-state index in [9.17, 15) is 14.4 Å². The predicted octanol–water partition coefficient (Wildman–Crippen LogP) is 3.43. The van der Waals surface area contributed by atoms with E-state index in [1.54, 1.807) is 38.1 Å². The number of ketones is 2. The fourth-order valence-electron chi connectivity index (χ4n) is 3.32. The Kier molecular flexibility index (Phi) is 5.87. The Hall–Kier alpha value is -3.35. The number of aryl methyl sites for hydroxylation is 1. The average Bonchev–Trinajstić information content (AvgIpc) is 2.99. The zero-order valence-corrected chi connectivity index (χ0v) is 16.8. The number of ether oxygens (including phenoxy) is 3. The van der Waals surface area contributed by atoms with Gasteiger partial charge in [0.25, 0.3) is 0 Å². The van der Waals surface area contributed by atoms with Gasteiger partial charge in [-0.15, -0.1) is 0 Å². The predicted molar refractivity (Wildman–Crippen MR) is 107 cm³/mol. The number of hydrogen-bond donors (Lipinski definition) is 1. The number of H-pyrrole nitrogens is 1. The van der Waals surface area contributed by atoms with Crippen molar-refractivity contribution in [2.24, 2.45) is 0 Å². The third-order valence-corrected chi connectivity index (χ3v) is 4.68. The number of carbonyl (C=O) groups excluding carboxylic acids is 3. The van der Waals surface area contributed by atoms with E-state index in [0.29, 0.717) is 41.5 Å². The highest BCUT2D eigenvalue weighted by Crippen LogP contribution is 2.31. The number of fused-ring (bicyclic) bond motifs is 1. The molecule has 0 unspecified atom stereocenters. The van der Waals surface area contributed by atoms with Crippen molar-refractivity contribution < 1.29 is 28.6 Å². The Bertz CT molecular complexity index is 1000. The van der Waals surface area contributed by atoms with E-state index >= 15 is 0 Å². The van der Waals surface area contributed by atoms with Crippen LogP contribution in [0, 0.1) is 13.8 Å². The van der Waals surface area contributed by atoms with Crippen molar-refractivity contribution >= 4 is 23.6 Å². The number of esters is 1. The zero-order valence-electron chi connectivity index (χ0n) is 16.8. The van der Waals surface area contributed by atoms with Gasteiger partial charge in [-0.3, -0.25) is 9.59 Å². The van der Waals surface area contributed by atoms with E-state index in [-0.39, 0.29) is 17.3 Å². The van der Waals surface area contributed by atoms with Gasteiger partial charge in [-0.1, -0.05) is 6.07 Å². The van der Waals surface area contributed by atoms with E-state index in [1.165, 1.54) is 19.9 Å². The Morgan fingerprint density at radius 3 is 2.48 bits per heavy atom. The number of aromatic amines is 1. The van der Waals surface area contributed by atoms with Crippen molar-refractivity contribution in [2.75, 3.05) is 13.2 Å². The van der Waals surface area contributed by atoms with E-state index in [4.69, 9.17) is 14.2 Å². The molecule has 0 amide bonds. The number of hydrogen-bond acceptors (Lipinski definition) is 6. The molecule has 1 aliphatic rings. The minimum atomic E-state index is -0.996. The van der Waals surface area contributed by atoms with Crippen LogP contribution in [0.15, 0.2) is 24.3 Å². The van der Waals surface area contributed by atoms with Gasteiger partial charge in [-0.25, -0.2) is 4.79 Å². The summed E-state index contributed by atoms with van der Waals surface area (Å²) < 4.78 is 16.2. The number of benzene rings is 1. The van der Waals surface area contributed by atoms with Gasteiger partial charge in [-0.05, 0) is 57.0 Å². The van der Waals surface area contributed by atoms with Crippen molar-refractivity contribution in [2.45, 2.75) is 33.8 Å². The molecular weight excluding hydrogens is 374 g/mol. The fourth-order valence-corrected chi connectivity index (χ4v) is 3.32. The van der Waals surface area contributed by atoms with Crippen LogP contribution in [0.4, 0.5) is 0 Å². The molecule has 152 valence electrons. The maximum Gasteiger partial charge on any atom is 0.331 e. The topological polar surface area (TPSA) is 94.7 Å². The van der Waals surface area contributed by atoms with Crippen LogP contribution >= 0.6 is 0 Å². The molecule has 0 radical (unpaired) electrons. The quantitative estimate of drug-likeness (QED) is 0.456. The van der Waals surface area contributed by atoms with Crippen LogP contribution in [0.1, 0.15) is 51.5 Å². The first-order valence-electron chi connectivity index (χ1n) is 9.30. The van der Waals surface area contributed by atoms with Crippen LogP contribution in [-0.4, -0.2) is 41.8 Å². The monoisotopic (exact) mass is 397 g/mol.